The SMILES string of the molecule is N#Cc1ccc(-c2cc(-c3ccc4c(c3)C3c5ccccc5C4c4cc(-c5nc(-c6ccccc6)nc(-c6ccccc6)n5)ccc43)nc(-c3ccccc3)n2)cc1. The van der Waals surface area contributed by atoms with Gasteiger partial charge in [0.15, 0.2) is 23.3 Å². The summed E-state index contributed by atoms with van der Waals surface area (Å²) in [5, 5.41) is 9.43. The Kier molecular flexibility index (Phi) is 7.90. The lowest BCUT2D eigenvalue weighted by molar-refractivity contribution is 0.754. The van der Waals surface area contributed by atoms with E-state index in [2.05, 4.69) is 72.8 Å². The standard InChI is InChI=1S/C52H32N6/c53-31-32-20-22-33(23-21-32)45-30-46(55-49(54-45)34-12-4-1-5-13-34)37-24-26-41-43(28-37)47-39-18-10-11-19-40(39)48(41)44-29-38(25-27-42(44)47)52-57-50(35-14-6-2-7-15-35)56-51(58-52)36-16-8-3-9-17-36/h1-30,47-48H. The molecule has 0 amide bonds. The Morgan fingerprint density at radius 3 is 1.19 bits per heavy atom. The van der Waals surface area contributed by atoms with E-state index in [1.165, 1.54) is 33.4 Å². The molecule has 0 N–H and O–H groups in total. The molecule has 7 aromatic carbocycles. The fourth-order valence-corrected chi connectivity index (χ4v) is 8.63. The van der Waals surface area contributed by atoms with Gasteiger partial charge in [-0.3, -0.25) is 0 Å². The van der Waals surface area contributed by atoms with E-state index >= 15 is 0 Å². The molecule has 58 heavy (non-hydrogen) atoms. The minimum Gasteiger partial charge on any atom is -0.228 e. The highest BCUT2D eigenvalue weighted by Crippen LogP contribution is 2.56. The molecule has 2 atom stereocenters. The quantitative estimate of drug-likeness (QED) is 0.169. The topological polar surface area (TPSA) is 88.2 Å². The zero-order valence-electron chi connectivity index (χ0n) is 31.2. The molecule has 2 aromatic heterocycles. The lowest BCUT2D eigenvalue weighted by Crippen LogP contribution is -2.27. The predicted molar refractivity (Wildman–Crippen MR) is 228 cm³/mol. The summed E-state index contributed by atoms with van der Waals surface area (Å²) in [6.45, 7) is 0. The molecule has 9 aromatic rings. The van der Waals surface area contributed by atoms with Gasteiger partial charge in [0.2, 0.25) is 0 Å². The Hall–Kier alpha value is -7.88. The molecule has 0 spiro atoms. The number of hydrogen-bond donors (Lipinski definition) is 0. The second kappa shape index (κ2) is 13.7. The first-order valence-corrected chi connectivity index (χ1v) is 19.4. The summed E-state index contributed by atoms with van der Waals surface area (Å²) in [7, 11) is 0. The Morgan fingerprint density at radius 1 is 0.310 bits per heavy atom. The number of nitrogens with zero attached hydrogens (tertiary/aromatic N) is 6. The van der Waals surface area contributed by atoms with Crippen LogP contribution in [-0.2, 0) is 0 Å². The van der Waals surface area contributed by atoms with Crippen molar-refractivity contribution in [3.05, 3.63) is 221 Å². The maximum Gasteiger partial charge on any atom is 0.164 e. The fraction of sp³-hybridized carbons (Fsp3) is 0.0385. The first kappa shape index (κ1) is 33.5. The van der Waals surface area contributed by atoms with Crippen LogP contribution in [0.5, 0.6) is 0 Å². The maximum atomic E-state index is 9.43. The summed E-state index contributed by atoms with van der Waals surface area (Å²) in [6, 6.07) is 64.6. The third-order valence-corrected chi connectivity index (χ3v) is 11.4. The molecule has 3 aliphatic carbocycles. The molecule has 0 fully saturated rings. The van der Waals surface area contributed by atoms with Crippen LogP contribution in [0.3, 0.4) is 0 Å². The van der Waals surface area contributed by atoms with Crippen molar-refractivity contribution in [2.75, 3.05) is 0 Å². The normalized spacial score (nSPS) is 14.5. The van der Waals surface area contributed by atoms with Crippen LogP contribution in [0.1, 0.15) is 50.8 Å². The molecule has 0 radical (unpaired) electrons. The average molecular weight is 741 g/mol. The van der Waals surface area contributed by atoms with Crippen molar-refractivity contribution in [3.63, 3.8) is 0 Å². The van der Waals surface area contributed by atoms with Gasteiger partial charge in [-0.2, -0.15) is 5.26 Å². The van der Waals surface area contributed by atoms with E-state index in [9.17, 15) is 5.26 Å². The number of aromatic nitrogens is 5. The molecule has 2 unspecified atom stereocenters. The largest absolute Gasteiger partial charge is 0.228 e. The summed E-state index contributed by atoms with van der Waals surface area (Å²) in [5.41, 5.74) is 15.9. The van der Waals surface area contributed by atoms with Crippen molar-refractivity contribution in [1.29, 1.82) is 5.26 Å². The molecule has 2 bridgehead atoms. The zero-order valence-corrected chi connectivity index (χ0v) is 31.2. The number of hydrogen-bond acceptors (Lipinski definition) is 6. The minimum absolute atomic E-state index is 0.0451. The van der Waals surface area contributed by atoms with Gasteiger partial charge in [-0.05, 0) is 63.7 Å². The van der Waals surface area contributed by atoms with Crippen LogP contribution >= 0.6 is 0 Å². The molecule has 2 heterocycles. The molecular weight excluding hydrogens is 709 g/mol. The highest BCUT2D eigenvalue weighted by Gasteiger charge is 2.41. The Morgan fingerprint density at radius 2 is 0.690 bits per heavy atom. The molecule has 0 saturated carbocycles. The van der Waals surface area contributed by atoms with Crippen LogP contribution in [-0.4, -0.2) is 24.9 Å². The van der Waals surface area contributed by atoms with E-state index in [4.69, 9.17) is 24.9 Å². The van der Waals surface area contributed by atoms with Gasteiger partial charge >= 0.3 is 0 Å². The van der Waals surface area contributed by atoms with E-state index < -0.39 is 0 Å². The van der Waals surface area contributed by atoms with Gasteiger partial charge < -0.3 is 0 Å². The zero-order chi connectivity index (χ0) is 38.6. The minimum atomic E-state index is 0.0451. The Bertz CT molecular complexity index is 3010. The fourth-order valence-electron chi connectivity index (χ4n) is 8.63. The van der Waals surface area contributed by atoms with Crippen molar-refractivity contribution in [1.82, 2.24) is 24.9 Å². The van der Waals surface area contributed by atoms with Gasteiger partial charge in [-0.1, -0.05) is 152 Å². The van der Waals surface area contributed by atoms with Crippen LogP contribution in [0.25, 0.3) is 68.1 Å². The summed E-state index contributed by atoms with van der Waals surface area (Å²) in [6.07, 6.45) is 0. The summed E-state index contributed by atoms with van der Waals surface area (Å²) in [5.74, 6) is 2.69. The highest BCUT2D eigenvalue weighted by atomic mass is 15.0. The molecular formula is C52H32N6. The van der Waals surface area contributed by atoms with Gasteiger partial charge in [-0.15, -0.1) is 0 Å². The summed E-state index contributed by atoms with van der Waals surface area (Å²) >= 11 is 0. The van der Waals surface area contributed by atoms with Crippen LogP contribution in [0, 0.1) is 11.3 Å². The first-order valence-electron chi connectivity index (χ1n) is 19.4. The van der Waals surface area contributed by atoms with Gasteiger partial charge in [0.1, 0.15) is 0 Å². The molecule has 6 heteroatoms. The van der Waals surface area contributed by atoms with Crippen molar-refractivity contribution in [2.45, 2.75) is 11.8 Å². The third kappa shape index (κ3) is 5.68. The van der Waals surface area contributed by atoms with E-state index in [1.54, 1.807) is 0 Å². The second-order valence-electron chi connectivity index (χ2n) is 14.7. The summed E-state index contributed by atoms with van der Waals surface area (Å²) < 4.78 is 0. The van der Waals surface area contributed by atoms with Crippen LogP contribution in [0.2, 0.25) is 0 Å². The van der Waals surface area contributed by atoms with Gasteiger partial charge in [0.05, 0.1) is 23.0 Å². The maximum absolute atomic E-state index is 9.43. The highest BCUT2D eigenvalue weighted by molar-refractivity contribution is 5.77. The van der Waals surface area contributed by atoms with Gasteiger partial charge in [0.25, 0.3) is 0 Å². The van der Waals surface area contributed by atoms with Crippen molar-refractivity contribution in [2.24, 2.45) is 0 Å². The van der Waals surface area contributed by atoms with Crippen LogP contribution in [0.4, 0.5) is 0 Å². The molecule has 0 saturated heterocycles. The summed E-state index contributed by atoms with van der Waals surface area (Å²) in [4.78, 5) is 25.2. The van der Waals surface area contributed by atoms with Crippen LogP contribution in [0.15, 0.2) is 182 Å². The molecule has 270 valence electrons. The molecule has 6 nitrogen and oxygen atoms in total. The van der Waals surface area contributed by atoms with Crippen LogP contribution < -0.4 is 0 Å². The average Bonchev–Trinajstić information content (AvgIpc) is 3.31. The van der Waals surface area contributed by atoms with Gasteiger partial charge in [0, 0.05) is 45.2 Å². The van der Waals surface area contributed by atoms with E-state index in [0.29, 0.717) is 28.9 Å². The van der Waals surface area contributed by atoms with E-state index in [-0.39, 0.29) is 11.8 Å². The molecule has 0 aliphatic heterocycles. The number of nitriles is 1. The van der Waals surface area contributed by atoms with Crippen molar-refractivity contribution in [3.8, 4) is 74.1 Å². The van der Waals surface area contributed by atoms with E-state index in [0.717, 1.165) is 44.8 Å². The Labute approximate surface area is 335 Å². The third-order valence-electron chi connectivity index (χ3n) is 11.4. The lowest BCUT2D eigenvalue weighted by Gasteiger charge is -2.42. The van der Waals surface area contributed by atoms with Crippen molar-refractivity contribution < 1.29 is 0 Å². The number of rotatable bonds is 6. The van der Waals surface area contributed by atoms with E-state index in [1.807, 2.05) is 115 Å². The van der Waals surface area contributed by atoms with Crippen molar-refractivity contribution >= 4 is 0 Å². The monoisotopic (exact) mass is 740 g/mol. The Balaban J connectivity index is 1.04. The molecule has 12 rings (SSSR count). The first-order chi connectivity index (χ1) is 28.7. The molecule has 3 aliphatic rings. The predicted octanol–water partition coefficient (Wildman–Crippen LogP) is 11.5. The lowest BCUT2D eigenvalue weighted by atomic mass is 9.60. The smallest absolute Gasteiger partial charge is 0.164 e. The van der Waals surface area contributed by atoms with Gasteiger partial charge in [-0.25, -0.2) is 24.9 Å². The second-order valence-corrected chi connectivity index (χ2v) is 14.7. The number of benzene rings is 7.